The fourth-order valence-electron chi connectivity index (χ4n) is 1.37. The van der Waals surface area contributed by atoms with E-state index in [9.17, 15) is 4.79 Å². The number of methoxy groups -OCH3 is 1. The maximum Gasteiger partial charge on any atom is 0.256 e. The van der Waals surface area contributed by atoms with Crippen LogP contribution in [0.2, 0.25) is 5.02 Å². The van der Waals surface area contributed by atoms with Gasteiger partial charge in [0.25, 0.3) is 5.56 Å². The van der Waals surface area contributed by atoms with E-state index in [0.717, 1.165) is 5.39 Å². The lowest BCUT2D eigenvalue weighted by Crippen LogP contribution is -2.05. The number of ether oxygens (including phenoxy) is 1. The van der Waals surface area contributed by atoms with E-state index in [1.54, 1.807) is 31.5 Å². The van der Waals surface area contributed by atoms with Crippen molar-refractivity contribution in [1.29, 1.82) is 0 Å². The summed E-state index contributed by atoms with van der Waals surface area (Å²) in [6, 6.07) is 5.12. The van der Waals surface area contributed by atoms with Crippen LogP contribution in [0.15, 0.2) is 29.2 Å². The quantitative estimate of drug-likeness (QED) is 0.772. The van der Waals surface area contributed by atoms with Crippen molar-refractivity contribution in [2.75, 3.05) is 7.11 Å². The molecule has 0 amide bonds. The van der Waals surface area contributed by atoms with Crippen LogP contribution in [-0.2, 0) is 0 Å². The van der Waals surface area contributed by atoms with E-state index in [-0.39, 0.29) is 5.56 Å². The third-order valence-electron chi connectivity index (χ3n) is 2.05. The third-order valence-corrected chi connectivity index (χ3v) is 2.28. The van der Waals surface area contributed by atoms with Crippen molar-refractivity contribution in [2.24, 2.45) is 0 Å². The first kappa shape index (κ1) is 12.2. The lowest BCUT2D eigenvalue weighted by Gasteiger charge is -2.03. The molecule has 82 valence electrons. The second-order valence-electron chi connectivity index (χ2n) is 2.88. The minimum Gasteiger partial charge on any atom is -0.495 e. The molecule has 2 aromatic rings. The minimum absolute atomic E-state index is 0.164. The lowest BCUT2D eigenvalue weighted by atomic mass is 10.1. The molecule has 1 heterocycles. The van der Waals surface area contributed by atoms with Crippen molar-refractivity contribution < 1.29 is 4.74 Å². The maximum absolute atomic E-state index is 11.4. The third kappa shape index (κ3) is 2.18. The van der Waals surface area contributed by atoms with Gasteiger partial charge in [0, 0.05) is 16.6 Å². The molecule has 0 radical (unpaired) electrons. The molecule has 1 aromatic heterocycles. The van der Waals surface area contributed by atoms with E-state index < -0.39 is 0 Å². The fourth-order valence-corrected chi connectivity index (χ4v) is 1.55. The Morgan fingerprint density at radius 2 is 2.00 bits per heavy atom. The van der Waals surface area contributed by atoms with Gasteiger partial charge in [0.1, 0.15) is 5.75 Å². The van der Waals surface area contributed by atoms with Crippen molar-refractivity contribution in [3.8, 4) is 18.6 Å². The van der Waals surface area contributed by atoms with Crippen LogP contribution in [0, 0.1) is 12.8 Å². The van der Waals surface area contributed by atoms with E-state index in [4.69, 9.17) is 16.3 Å². The van der Waals surface area contributed by atoms with Gasteiger partial charge in [0.15, 0.2) is 0 Å². The van der Waals surface area contributed by atoms with Gasteiger partial charge in [-0.15, -0.1) is 12.8 Å². The van der Waals surface area contributed by atoms with Crippen LogP contribution in [0.4, 0.5) is 0 Å². The van der Waals surface area contributed by atoms with E-state index in [0.29, 0.717) is 16.2 Å². The van der Waals surface area contributed by atoms with Gasteiger partial charge in [-0.05, 0) is 18.2 Å². The number of H-pyrrole nitrogens is 1. The van der Waals surface area contributed by atoms with Crippen molar-refractivity contribution in [3.05, 3.63) is 39.8 Å². The summed E-state index contributed by atoms with van der Waals surface area (Å²) in [5.41, 5.74) is -0.164. The highest BCUT2D eigenvalue weighted by atomic mass is 35.5. The van der Waals surface area contributed by atoms with Crippen LogP contribution in [0.3, 0.4) is 0 Å². The normalized spacial score (nSPS) is 9.25. The minimum atomic E-state index is -0.164. The predicted molar refractivity (Wildman–Crippen MR) is 66.0 cm³/mol. The number of nitrogens with one attached hydrogen (secondary N) is 1. The van der Waals surface area contributed by atoms with Crippen LogP contribution >= 0.6 is 11.6 Å². The van der Waals surface area contributed by atoms with Crippen molar-refractivity contribution in [3.63, 3.8) is 0 Å². The summed E-state index contributed by atoms with van der Waals surface area (Å²) in [4.78, 5) is 14.0. The summed E-state index contributed by atoms with van der Waals surface area (Å²) in [7, 11) is 1.56. The Hall–Kier alpha value is -1.92. The average molecular weight is 236 g/mol. The molecule has 2 rings (SSSR count). The number of terminal acetylenes is 1. The largest absolute Gasteiger partial charge is 0.495 e. The Morgan fingerprint density at radius 3 is 2.62 bits per heavy atom. The standard InChI is InChI=1S/C10H8ClNO2.C2H2/c1-14-9-5-12-10(13)8-4-6(11)2-3-7(8)9;1-2/h2-5H,1H3,(H,12,13);1-2H. The number of aromatic amines is 1. The molecule has 4 heteroatoms. The van der Waals surface area contributed by atoms with Crippen molar-refractivity contribution in [1.82, 2.24) is 4.98 Å². The monoisotopic (exact) mass is 235 g/mol. The molecule has 0 aliphatic carbocycles. The Balaban J connectivity index is 0.000000606. The zero-order valence-corrected chi connectivity index (χ0v) is 9.41. The second-order valence-corrected chi connectivity index (χ2v) is 3.31. The van der Waals surface area contributed by atoms with Gasteiger partial charge in [0.05, 0.1) is 12.5 Å². The molecule has 3 nitrogen and oxygen atoms in total. The smallest absolute Gasteiger partial charge is 0.256 e. The number of benzene rings is 1. The Kier molecular flexibility index (Phi) is 3.98. The number of hydrogen-bond donors (Lipinski definition) is 1. The zero-order chi connectivity index (χ0) is 12.1. The molecule has 1 N–H and O–H groups in total. The highest BCUT2D eigenvalue weighted by Gasteiger charge is 2.04. The SMILES string of the molecule is C#C.COc1c[nH]c(=O)c2cc(Cl)ccc12. The molecular formula is C12H10ClNO2. The zero-order valence-electron chi connectivity index (χ0n) is 8.66. The topological polar surface area (TPSA) is 42.1 Å². The first-order valence-electron chi connectivity index (χ1n) is 4.40. The Morgan fingerprint density at radius 1 is 1.31 bits per heavy atom. The predicted octanol–water partition coefficient (Wildman–Crippen LogP) is 2.44. The molecule has 0 fully saturated rings. The number of aromatic nitrogens is 1. The molecule has 0 bridgehead atoms. The average Bonchev–Trinajstić information content (AvgIpc) is 2.33. The number of fused-ring (bicyclic) bond motifs is 1. The molecule has 16 heavy (non-hydrogen) atoms. The number of rotatable bonds is 1. The first-order valence-corrected chi connectivity index (χ1v) is 4.78. The van der Waals surface area contributed by atoms with Gasteiger partial charge >= 0.3 is 0 Å². The summed E-state index contributed by atoms with van der Waals surface area (Å²) >= 11 is 5.79. The van der Waals surface area contributed by atoms with Crippen LogP contribution in [0.25, 0.3) is 10.8 Å². The molecular weight excluding hydrogens is 226 g/mol. The molecule has 0 unspecified atom stereocenters. The van der Waals surface area contributed by atoms with Crippen molar-refractivity contribution >= 4 is 22.4 Å². The van der Waals surface area contributed by atoms with Gasteiger partial charge in [-0.3, -0.25) is 4.79 Å². The van der Waals surface area contributed by atoms with E-state index in [1.165, 1.54) is 0 Å². The van der Waals surface area contributed by atoms with Gasteiger partial charge in [-0.1, -0.05) is 11.6 Å². The molecule has 1 aromatic carbocycles. The number of hydrogen-bond acceptors (Lipinski definition) is 2. The summed E-state index contributed by atoms with van der Waals surface area (Å²) in [5.74, 6) is 0.635. The fraction of sp³-hybridized carbons (Fsp3) is 0.0833. The van der Waals surface area contributed by atoms with Crippen LogP contribution in [-0.4, -0.2) is 12.1 Å². The molecule has 0 atom stereocenters. The maximum atomic E-state index is 11.4. The molecule has 0 saturated heterocycles. The molecule has 0 aliphatic heterocycles. The van der Waals surface area contributed by atoms with Crippen LogP contribution < -0.4 is 10.3 Å². The summed E-state index contributed by atoms with van der Waals surface area (Å²) < 4.78 is 5.11. The van der Waals surface area contributed by atoms with E-state index in [1.807, 2.05) is 0 Å². The first-order chi connectivity index (χ1) is 7.72. The van der Waals surface area contributed by atoms with Crippen LogP contribution in [0.5, 0.6) is 5.75 Å². The van der Waals surface area contributed by atoms with E-state index in [2.05, 4.69) is 17.8 Å². The Bertz CT molecular complexity index is 572. The highest BCUT2D eigenvalue weighted by molar-refractivity contribution is 6.31. The second kappa shape index (κ2) is 5.24. The van der Waals surface area contributed by atoms with Gasteiger partial charge < -0.3 is 9.72 Å². The lowest BCUT2D eigenvalue weighted by molar-refractivity contribution is 0.418. The molecule has 0 saturated carbocycles. The van der Waals surface area contributed by atoms with Gasteiger partial charge in [-0.25, -0.2) is 0 Å². The van der Waals surface area contributed by atoms with Crippen LogP contribution in [0.1, 0.15) is 0 Å². The number of pyridine rings is 1. The molecule has 0 aliphatic rings. The summed E-state index contributed by atoms with van der Waals surface area (Å²) in [6.07, 6.45) is 9.54. The van der Waals surface area contributed by atoms with Gasteiger partial charge in [-0.2, -0.15) is 0 Å². The van der Waals surface area contributed by atoms with E-state index >= 15 is 0 Å². The Labute approximate surface area is 98.0 Å². The summed E-state index contributed by atoms with van der Waals surface area (Å²) in [6.45, 7) is 0. The van der Waals surface area contributed by atoms with Crippen molar-refractivity contribution in [2.45, 2.75) is 0 Å². The summed E-state index contributed by atoms with van der Waals surface area (Å²) in [5, 5.41) is 1.84. The van der Waals surface area contributed by atoms with Gasteiger partial charge in [0.2, 0.25) is 0 Å². The molecule has 0 spiro atoms. The highest BCUT2D eigenvalue weighted by Crippen LogP contribution is 2.23. The number of halogens is 1.